The Labute approximate surface area is 164 Å². The first-order valence-corrected chi connectivity index (χ1v) is 9.63. The molecule has 1 fully saturated rings. The van der Waals surface area contributed by atoms with Crippen LogP contribution in [0.2, 0.25) is 0 Å². The maximum atomic E-state index is 12.8. The molecule has 1 aromatic heterocycles. The van der Waals surface area contributed by atoms with E-state index < -0.39 is 0 Å². The van der Waals surface area contributed by atoms with Crippen LogP contribution in [-0.2, 0) is 0 Å². The lowest BCUT2D eigenvalue weighted by atomic mass is 9.82. The second-order valence-corrected chi connectivity index (χ2v) is 8.81. The van der Waals surface area contributed by atoms with E-state index in [1.807, 2.05) is 11.6 Å². The average molecular weight is 386 g/mol. The van der Waals surface area contributed by atoms with E-state index in [4.69, 9.17) is 0 Å². The van der Waals surface area contributed by atoms with Crippen molar-refractivity contribution in [2.75, 3.05) is 13.1 Å². The molecule has 1 amide bonds. The van der Waals surface area contributed by atoms with Gasteiger partial charge >= 0.3 is 0 Å². The summed E-state index contributed by atoms with van der Waals surface area (Å²) >= 11 is 0. The molecule has 1 aliphatic rings. The first-order chi connectivity index (χ1) is 11.7. The SMILES string of the molecule is Cc1c(C(=O)NC(CCC(C)C)C(C)(C)C)nnn1C1CCNCC1.Cl. The van der Waals surface area contributed by atoms with Crippen LogP contribution in [0.4, 0.5) is 0 Å². The Morgan fingerprint density at radius 1 is 1.27 bits per heavy atom. The van der Waals surface area contributed by atoms with Crippen LogP contribution in [0.25, 0.3) is 0 Å². The molecule has 1 unspecified atom stereocenters. The van der Waals surface area contributed by atoms with Gasteiger partial charge in [0.2, 0.25) is 0 Å². The predicted molar refractivity (Wildman–Crippen MR) is 108 cm³/mol. The van der Waals surface area contributed by atoms with Gasteiger partial charge in [-0.15, -0.1) is 17.5 Å². The highest BCUT2D eigenvalue weighted by Gasteiger charge is 2.29. The Morgan fingerprint density at radius 2 is 1.88 bits per heavy atom. The van der Waals surface area contributed by atoms with Gasteiger partial charge in [0.25, 0.3) is 5.91 Å². The van der Waals surface area contributed by atoms with Crippen LogP contribution in [0.3, 0.4) is 0 Å². The van der Waals surface area contributed by atoms with Crippen molar-refractivity contribution >= 4 is 18.3 Å². The summed E-state index contributed by atoms with van der Waals surface area (Å²) in [5, 5.41) is 15.1. The van der Waals surface area contributed by atoms with Crippen molar-refractivity contribution in [3.8, 4) is 0 Å². The number of nitrogens with zero attached hydrogens (tertiary/aromatic N) is 3. The van der Waals surface area contributed by atoms with Crippen LogP contribution in [0.5, 0.6) is 0 Å². The van der Waals surface area contributed by atoms with Crippen molar-refractivity contribution in [2.24, 2.45) is 11.3 Å². The second-order valence-electron chi connectivity index (χ2n) is 8.81. The molecule has 6 nitrogen and oxygen atoms in total. The van der Waals surface area contributed by atoms with E-state index in [0.717, 1.165) is 44.5 Å². The lowest BCUT2D eigenvalue weighted by Gasteiger charge is -2.32. The molecule has 0 radical (unpaired) electrons. The molecule has 0 aromatic carbocycles. The third kappa shape index (κ3) is 5.95. The average Bonchev–Trinajstić information content (AvgIpc) is 2.92. The summed E-state index contributed by atoms with van der Waals surface area (Å²) in [5.74, 6) is 0.533. The maximum absolute atomic E-state index is 12.8. The summed E-state index contributed by atoms with van der Waals surface area (Å²) < 4.78 is 1.94. The molecule has 2 heterocycles. The Morgan fingerprint density at radius 3 is 2.42 bits per heavy atom. The zero-order valence-corrected chi connectivity index (χ0v) is 17.9. The highest BCUT2D eigenvalue weighted by Crippen LogP contribution is 2.25. The number of hydrogen-bond donors (Lipinski definition) is 2. The van der Waals surface area contributed by atoms with Gasteiger partial charge in [-0.1, -0.05) is 39.8 Å². The minimum absolute atomic E-state index is 0. The van der Waals surface area contributed by atoms with E-state index in [1.165, 1.54) is 0 Å². The van der Waals surface area contributed by atoms with Crippen molar-refractivity contribution in [3.05, 3.63) is 11.4 Å². The van der Waals surface area contributed by atoms with Crippen LogP contribution in [0.1, 0.15) is 82.5 Å². The van der Waals surface area contributed by atoms with E-state index in [9.17, 15) is 4.79 Å². The summed E-state index contributed by atoms with van der Waals surface area (Å²) in [5.41, 5.74) is 1.36. The summed E-state index contributed by atoms with van der Waals surface area (Å²) in [6.07, 6.45) is 4.14. The molecular formula is C19H36ClN5O. The highest BCUT2D eigenvalue weighted by molar-refractivity contribution is 5.93. The van der Waals surface area contributed by atoms with Crippen molar-refractivity contribution in [2.45, 2.75) is 79.3 Å². The lowest BCUT2D eigenvalue weighted by Crippen LogP contribution is -2.44. The van der Waals surface area contributed by atoms with Crippen LogP contribution >= 0.6 is 12.4 Å². The molecule has 0 spiro atoms. The first kappa shape index (κ1) is 22.9. The van der Waals surface area contributed by atoms with E-state index in [0.29, 0.717) is 17.7 Å². The number of halogens is 1. The van der Waals surface area contributed by atoms with Gasteiger partial charge in [0.05, 0.1) is 11.7 Å². The molecule has 7 heteroatoms. The smallest absolute Gasteiger partial charge is 0.273 e. The number of carbonyl (C=O) groups is 1. The number of rotatable bonds is 6. The minimum atomic E-state index is -0.0960. The predicted octanol–water partition coefficient (Wildman–Crippen LogP) is 3.51. The Kier molecular flexibility index (Phi) is 8.54. The van der Waals surface area contributed by atoms with E-state index in [1.54, 1.807) is 0 Å². The quantitative estimate of drug-likeness (QED) is 0.785. The molecule has 2 rings (SSSR count). The molecule has 0 bridgehead atoms. The fourth-order valence-corrected chi connectivity index (χ4v) is 3.40. The van der Waals surface area contributed by atoms with E-state index in [2.05, 4.69) is 55.6 Å². The number of aromatic nitrogens is 3. The van der Waals surface area contributed by atoms with Gasteiger partial charge < -0.3 is 10.6 Å². The van der Waals surface area contributed by atoms with Crippen molar-refractivity contribution in [1.29, 1.82) is 0 Å². The molecule has 1 aromatic rings. The van der Waals surface area contributed by atoms with Gasteiger partial charge in [0.15, 0.2) is 5.69 Å². The van der Waals surface area contributed by atoms with Crippen LogP contribution in [0.15, 0.2) is 0 Å². The first-order valence-electron chi connectivity index (χ1n) is 9.63. The summed E-state index contributed by atoms with van der Waals surface area (Å²) in [6, 6.07) is 0.473. The summed E-state index contributed by atoms with van der Waals surface area (Å²) in [4.78, 5) is 12.8. The molecule has 1 atom stereocenters. The highest BCUT2D eigenvalue weighted by atomic mass is 35.5. The number of piperidine rings is 1. The Hall–Kier alpha value is -1.14. The summed E-state index contributed by atoms with van der Waals surface area (Å²) in [7, 11) is 0. The minimum Gasteiger partial charge on any atom is -0.347 e. The zero-order valence-electron chi connectivity index (χ0n) is 17.1. The van der Waals surface area contributed by atoms with Gasteiger partial charge in [-0.05, 0) is 57.0 Å². The van der Waals surface area contributed by atoms with Crippen molar-refractivity contribution in [1.82, 2.24) is 25.6 Å². The molecule has 0 aliphatic carbocycles. The third-order valence-corrected chi connectivity index (χ3v) is 5.18. The standard InChI is InChI=1S/C19H35N5O.ClH/c1-13(2)7-8-16(19(4,5)6)21-18(25)17-14(3)24(23-22-17)15-9-11-20-12-10-15;/h13,15-16,20H,7-12H2,1-6H3,(H,21,25);1H. The van der Waals surface area contributed by atoms with Gasteiger partial charge in [-0.2, -0.15) is 0 Å². The van der Waals surface area contributed by atoms with Gasteiger partial charge in [-0.25, -0.2) is 4.68 Å². The number of nitrogens with one attached hydrogen (secondary N) is 2. The zero-order chi connectivity index (χ0) is 18.6. The van der Waals surface area contributed by atoms with E-state index >= 15 is 0 Å². The largest absolute Gasteiger partial charge is 0.347 e. The molecule has 2 N–H and O–H groups in total. The molecule has 1 aliphatic heterocycles. The van der Waals surface area contributed by atoms with Crippen LogP contribution in [-0.4, -0.2) is 40.0 Å². The van der Waals surface area contributed by atoms with Gasteiger partial charge in [-0.3, -0.25) is 4.79 Å². The van der Waals surface area contributed by atoms with Crippen molar-refractivity contribution < 1.29 is 4.79 Å². The van der Waals surface area contributed by atoms with Gasteiger partial charge in [0, 0.05) is 6.04 Å². The maximum Gasteiger partial charge on any atom is 0.273 e. The summed E-state index contributed by atoms with van der Waals surface area (Å²) in [6.45, 7) is 14.9. The number of amides is 1. The molecule has 1 saturated heterocycles. The van der Waals surface area contributed by atoms with Crippen LogP contribution in [0, 0.1) is 18.3 Å². The fraction of sp³-hybridized carbons (Fsp3) is 0.842. The molecule has 150 valence electrons. The second kappa shape index (κ2) is 9.70. The number of hydrogen-bond acceptors (Lipinski definition) is 4. The molecule has 26 heavy (non-hydrogen) atoms. The van der Waals surface area contributed by atoms with Crippen molar-refractivity contribution in [3.63, 3.8) is 0 Å². The monoisotopic (exact) mass is 385 g/mol. The normalized spacial score (nSPS) is 17.0. The number of carbonyl (C=O) groups excluding carboxylic acids is 1. The van der Waals surface area contributed by atoms with E-state index in [-0.39, 0.29) is 29.8 Å². The Balaban J connectivity index is 0.00000338. The topological polar surface area (TPSA) is 71.8 Å². The fourth-order valence-electron chi connectivity index (χ4n) is 3.40. The molecular weight excluding hydrogens is 350 g/mol. The third-order valence-electron chi connectivity index (χ3n) is 5.18. The molecule has 0 saturated carbocycles. The lowest BCUT2D eigenvalue weighted by molar-refractivity contribution is 0.0888. The Bertz CT molecular complexity index is 573. The van der Waals surface area contributed by atoms with Crippen LogP contribution < -0.4 is 10.6 Å². The van der Waals surface area contributed by atoms with Gasteiger partial charge in [0.1, 0.15) is 0 Å².